The molecule has 1 N–H and O–H groups in total. The van der Waals surface area contributed by atoms with Crippen molar-refractivity contribution in [3.05, 3.63) is 38.2 Å². The molecule has 0 unspecified atom stereocenters. The molecule has 0 aliphatic carbocycles. The van der Waals surface area contributed by atoms with Gasteiger partial charge in [-0.3, -0.25) is 19.1 Å². The minimum absolute atomic E-state index is 0.0486. The molecular weight excluding hydrogens is 348 g/mol. The molecule has 0 saturated carbocycles. The molecule has 1 fully saturated rings. The maximum atomic E-state index is 13.2. The van der Waals surface area contributed by atoms with Crippen molar-refractivity contribution in [1.82, 2.24) is 19.4 Å². The summed E-state index contributed by atoms with van der Waals surface area (Å²) in [5.74, 6) is 0.0000721. The second-order valence-corrected chi connectivity index (χ2v) is 7.62. The highest BCUT2D eigenvalue weighted by Crippen LogP contribution is 2.21. The molecule has 27 heavy (non-hydrogen) atoms. The van der Waals surface area contributed by atoms with Gasteiger partial charge in [0.25, 0.3) is 11.5 Å². The Bertz CT molecular complexity index is 968. The van der Waals surface area contributed by atoms with Crippen molar-refractivity contribution in [3.8, 4) is 0 Å². The Morgan fingerprint density at radius 3 is 2.48 bits per heavy atom. The van der Waals surface area contributed by atoms with Crippen molar-refractivity contribution < 1.29 is 9.53 Å². The first-order valence-electron chi connectivity index (χ1n) is 9.34. The van der Waals surface area contributed by atoms with Gasteiger partial charge in [0.2, 0.25) is 0 Å². The zero-order valence-electron chi connectivity index (χ0n) is 16.2. The fraction of sp³-hybridized carbons (Fsp3) is 0.579. The summed E-state index contributed by atoms with van der Waals surface area (Å²) in [5, 5.41) is 0.177. The molecule has 1 aliphatic heterocycles. The molecule has 0 radical (unpaired) electrons. The molecule has 146 valence electrons. The number of H-pyrrole nitrogens is 1. The molecule has 3 heterocycles. The van der Waals surface area contributed by atoms with Crippen LogP contribution >= 0.6 is 0 Å². The number of carbonyl (C=O) groups is 1. The lowest BCUT2D eigenvalue weighted by molar-refractivity contribution is 0.0304. The van der Waals surface area contributed by atoms with E-state index in [-0.39, 0.29) is 28.8 Å². The Hall–Kier alpha value is -2.48. The molecule has 2 aromatic heterocycles. The van der Waals surface area contributed by atoms with Crippen LogP contribution in [-0.2, 0) is 11.3 Å². The van der Waals surface area contributed by atoms with Crippen LogP contribution in [0.2, 0.25) is 0 Å². The minimum atomic E-state index is -0.575. The number of carbonyl (C=O) groups excluding carboxylic acids is 1. The highest BCUT2D eigenvalue weighted by Gasteiger charge is 2.25. The lowest BCUT2D eigenvalue weighted by atomic mass is 10.0. The maximum Gasteiger partial charge on any atom is 0.330 e. The first-order valence-corrected chi connectivity index (χ1v) is 9.34. The molecule has 8 nitrogen and oxygen atoms in total. The number of amides is 1. The van der Waals surface area contributed by atoms with Crippen LogP contribution in [0.1, 0.15) is 49.7 Å². The summed E-state index contributed by atoms with van der Waals surface area (Å²) in [4.78, 5) is 46.8. The van der Waals surface area contributed by atoms with Crippen LogP contribution in [0.3, 0.4) is 0 Å². The molecule has 1 aliphatic rings. The molecule has 1 saturated heterocycles. The summed E-state index contributed by atoms with van der Waals surface area (Å²) in [6.45, 7) is 10.2. The molecule has 0 atom stereocenters. The first-order chi connectivity index (χ1) is 12.8. The van der Waals surface area contributed by atoms with Crippen molar-refractivity contribution in [2.75, 3.05) is 26.3 Å². The van der Waals surface area contributed by atoms with E-state index in [1.165, 1.54) is 4.57 Å². The third-order valence-corrected chi connectivity index (χ3v) is 4.64. The topological polar surface area (TPSA) is 97.3 Å². The van der Waals surface area contributed by atoms with E-state index in [9.17, 15) is 14.4 Å². The highest BCUT2D eigenvalue weighted by molar-refractivity contribution is 6.05. The Kier molecular flexibility index (Phi) is 5.46. The van der Waals surface area contributed by atoms with Crippen LogP contribution in [-0.4, -0.2) is 51.6 Å². The largest absolute Gasteiger partial charge is 0.378 e. The predicted octanol–water partition coefficient (Wildman–Crippen LogP) is 1.34. The number of fused-ring (bicyclic) bond motifs is 1. The van der Waals surface area contributed by atoms with E-state index in [0.29, 0.717) is 44.1 Å². The molecule has 8 heteroatoms. The van der Waals surface area contributed by atoms with Crippen LogP contribution in [0.4, 0.5) is 0 Å². The Labute approximate surface area is 157 Å². The van der Waals surface area contributed by atoms with Gasteiger partial charge >= 0.3 is 5.69 Å². The maximum absolute atomic E-state index is 13.2. The molecule has 3 rings (SSSR count). The summed E-state index contributed by atoms with van der Waals surface area (Å²) in [7, 11) is 0. The van der Waals surface area contributed by atoms with Crippen molar-refractivity contribution in [2.24, 2.45) is 5.92 Å². The molecule has 0 aromatic carbocycles. The monoisotopic (exact) mass is 374 g/mol. The summed E-state index contributed by atoms with van der Waals surface area (Å²) in [6, 6.07) is 1.68. The van der Waals surface area contributed by atoms with Gasteiger partial charge in [0.15, 0.2) is 5.65 Å². The number of rotatable bonds is 4. The third kappa shape index (κ3) is 3.80. The molecule has 0 bridgehead atoms. The average molecular weight is 374 g/mol. The fourth-order valence-corrected chi connectivity index (χ4v) is 3.23. The normalized spacial score (nSPS) is 15.1. The first kappa shape index (κ1) is 19.3. The van der Waals surface area contributed by atoms with Crippen LogP contribution in [0.25, 0.3) is 11.0 Å². The molecule has 2 aromatic rings. The number of morpholine rings is 1. The van der Waals surface area contributed by atoms with Crippen molar-refractivity contribution in [2.45, 2.75) is 40.2 Å². The Balaban J connectivity index is 2.30. The average Bonchev–Trinajstić information content (AvgIpc) is 2.63. The van der Waals surface area contributed by atoms with Crippen molar-refractivity contribution in [3.63, 3.8) is 0 Å². The standard InChI is InChI=1S/C19H26N4O4/c1-11(2)10-23-16-15(17(24)21-19(23)26)13(9-14(20-16)12(3)4)18(25)22-5-7-27-8-6-22/h9,11-12H,5-8,10H2,1-4H3,(H,21,24,26). The third-order valence-electron chi connectivity index (χ3n) is 4.64. The Morgan fingerprint density at radius 1 is 1.22 bits per heavy atom. The predicted molar refractivity (Wildman–Crippen MR) is 102 cm³/mol. The quantitative estimate of drug-likeness (QED) is 0.871. The smallest absolute Gasteiger partial charge is 0.330 e. The van der Waals surface area contributed by atoms with Gasteiger partial charge < -0.3 is 9.64 Å². The van der Waals surface area contributed by atoms with Gasteiger partial charge in [0.1, 0.15) is 0 Å². The van der Waals surface area contributed by atoms with Crippen molar-refractivity contribution in [1.29, 1.82) is 0 Å². The van der Waals surface area contributed by atoms with E-state index in [4.69, 9.17) is 4.74 Å². The number of nitrogens with zero attached hydrogens (tertiary/aromatic N) is 3. The van der Waals surface area contributed by atoms with Crippen LogP contribution < -0.4 is 11.2 Å². The number of hydrogen-bond acceptors (Lipinski definition) is 5. The lowest BCUT2D eigenvalue weighted by Gasteiger charge is -2.27. The summed E-state index contributed by atoms with van der Waals surface area (Å²) in [5.41, 5.74) is 0.181. The van der Waals surface area contributed by atoms with Gasteiger partial charge in [-0.2, -0.15) is 0 Å². The zero-order chi connectivity index (χ0) is 19.7. The zero-order valence-corrected chi connectivity index (χ0v) is 16.2. The van der Waals surface area contributed by atoms with Gasteiger partial charge in [0, 0.05) is 25.3 Å². The SMILES string of the molecule is CC(C)Cn1c(=O)[nH]c(=O)c2c(C(=O)N3CCOCC3)cc(C(C)C)nc21. The van der Waals surface area contributed by atoms with E-state index in [1.807, 2.05) is 27.7 Å². The van der Waals surface area contributed by atoms with E-state index in [0.717, 1.165) is 0 Å². The van der Waals surface area contributed by atoms with Gasteiger partial charge in [-0.25, -0.2) is 9.78 Å². The van der Waals surface area contributed by atoms with Crippen LogP contribution in [0.5, 0.6) is 0 Å². The second kappa shape index (κ2) is 7.64. The fourth-order valence-electron chi connectivity index (χ4n) is 3.23. The summed E-state index contributed by atoms with van der Waals surface area (Å²) < 4.78 is 6.78. The van der Waals surface area contributed by atoms with E-state index >= 15 is 0 Å². The number of hydrogen-bond donors (Lipinski definition) is 1. The van der Waals surface area contributed by atoms with Gasteiger partial charge in [-0.1, -0.05) is 27.7 Å². The number of aromatic nitrogens is 3. The van der Waals surface area contributed by atoms with E-state index < -0.39 is 11.2 Å². The summed E-state index contributed by atoms with van der Waals surface area (Å²) >= 11 is 0. The number of nitrogens with one attached hydrogen (secondary N) is 1. The van der Waals surface area contributed by atoms with Gasteiger partial charge in [-0.15, -0.1) is 0 Å². The number of ether oxygens (including phenoxy) is 1. The summed E-state index contributed by atoms with van der Waals surface area (Å²) in [6.07, 6.45) is 0. The van der Waals surface area contributed by atoms with E-state index in [1.54, 1.807) is 11.0 Å². The van der Waals surface area contributed by atoms with Crippen LogP contribution in [0, 0.1) is 5.92 Å². The lowest BCUT2D eigenvalue weighted by Crippen LogP contribution is -2.41. The molecular formula is C19H26N4O4. The van der Waals surface area contributed by atoms with Crippen LogP contribution in [0.15, 0.2) is 15.7 Å². The van der Waals surface area contributed by atoms with Crippen molar-refractivity contribution >= 4 is 16.9 Å². The highest BCUT2D eigenvalue weighted by atomic mass is 16.5. The molecule has 0 spiro atoms. The second-order valence-electron chi connectivity index (χ2n) is 7.62. The minimum Gasteiger partial charge on any atom is -0.378 e. The number of aromatic amines is 1. The number of pyridine rings is 1. The van der Waals surface area contributed by atoms with E-state index in [2.05, 4.69) is 9.97 Å². The Morgan fingerprint density at radius 2 is 1.89 bits per heavy atom. The van der Waals surface area contributed by atoms with Gasteiger partial charge in [-0.05, 0) is 17.9 Å². The van der Waals surface area contributed by atoms with Gasteiger partial charge in [0.05, 0.1) is 24.2 Å². The molecule has 1 amide bonds.